The summed E-state index contributed by atoms with van der Waals surface area (Å²) < 4.78 is 41.9. The summed E-state index contributed by atoms with van der Waals surface area (Å²) >= 11 is 3.15. The highest BCUT2D eigenvalue weighted by atomic mass is 79.9. The first-order valence-electron chi connectivity index (χ1n) is 5.48. The van der Waals surface area contributed by atoms with Crippen molar-refractivity contribution in [1.82, 2.24) is 0 Å². The van der Waals surface area contributed by atoms with Crippen LogP contribution in [0.25, 0.3) is 11.1 Å². The van der Waals surface area contributed by atoms with Gasteiger partial charge in [-0.3, -0.25) is 0 Å². The first-order chi connectivity index (χ1) is 8.87. The Balaban J connectivity index is 2.54. The Hall–Kier alpha value is -1.49. The number of alkyl halides is 3. The highest BCUT2D eigenvalue weighted by Crippen LogP contribution is 2.37. The second-order valence-electron chi connectivity index (χ2n) is 4.00. The minimum absolute atomic E-state index is 0.212. The van der Waals surface area contributed by atoms with E-state index in [2.05, 4.69) is 20.7 Å². The van der Waals surface area contributed by atoms with Gasteiger partial charge < -0.3 is 4.74 Å². The van der Waals surface area contributed by atoms with Crippen molar-refractivity contribution < 1.29 is 17.9 Å². The van der Waals surface area contributed by atoms with E-state index in [9.17, 15) is 13.2 Å². The molecule has 0 aliphatic heterocycles. The average molecular weight is 331 g/mol. The summed E-state index contributed by atoms with van der Waals surface area (Å²) in [6.45, 7) is 1.84. The summed E-state index contributed by atoms with van der Waals surface area (Å²) in [6, 6.07) is 11.8. The first kappa shape index (κ1) is 13.9. The third kappa shape index (κ3) is 3.50. The number of aryl methyl sites for hydroxylation is 1. The zero-order chi connectivity index (χ0) is 14.0. The SMILES string of the molecule is Cc1ccccc1-c1ccc(Br)cc1OC(F)(F)F. The van der Waals surface area contributed by atoms with E-state index in [1.807, 2.05) is 19.1 Å². The molecule has 0 amide bonds. The van der Waals surface area contributed by atoms with Crippen LogP contribution in [-0.4, -0.2) is 6.36 Å². The van der Waals surface area contributed by atoms with E-state index in [1.165, 1.54) is 6.07 Å². The molecule has 0 aliphatic rings. The molecule has 0 atom stereocenters. The van der Waals surface area contributed by atoms with E-state index in [0.29, 0.717) is 15.6 Å². The van der Waals surface area contributed by atoms with Gasteiger partial charge in [-0.1, -0.05) is 40.2 Å². The van der Waals surface area contributed by atoms with Crippen LogP contribution in [0.3, 0.4) is 0 Å². The van der Waals surface area contributed by atoms with Gasteiger partial charge in [-0.2, -0.15) is 0 Å². The van der Waals surface area contributed by atoms with Crippen LogP contribution in [0.2, 0.25) is 0 Å². The molecule has 0 radical (unpaired) electrons. The molecule has 0 heterocycles. The zero-order valence-electron chi connectivity index (χ0n) is 9.96. The first-order valence-corrected chi connectivity index (χ1v) is 6.27. The van der Waals surface area contributed by atoms with E-state index in [0.717, 1.165) is 5.56 Å². The van der Waals surface area contributed by atoms with Gasteiger partial charge in [-0.15, -0.1) is 13.2 Å². The Morgan fingerprint density at radius 3 is 2.32 bits per heavy atom. The third-order valence-electron chi connectivity index (χ3n) is 2.60. The molecule has 0 spiro atoms. The van der Waals surface area contributed by atoms with Gasteiger partial charge in [0, 0.05) is 10.0 Å². The Bertz CT molecular complexity index is 593. The highest BCUT2D eigenvalue weighted by Gasteiger charge is 2.32. The summed E-state index contributed by atoms with van der Waals surface area (Å²) in [5, 5.41) is 0. The summed E-state index contributed by atoms with van der Waals surface area (Å²) in [5.41, 5.74) is 2.02. The van der Waals surface area contributed by atoms with Gasteiger partial charge in [0.1, 0.15) is 5.75 Å². The third-order valence-corrected chi connectivity index (χ3v) is 3.10. The van der Waals surface area contributed by atoms with Gasteiger partial charge in [0.2, 0.25) is 0 Å². The molecule has 0 N–H and O–H groups in total. The van der Waals surface area contributed by atoms with Crippen LogP contribution < -0.4 is 4.74 Å². The topological polar surface area (TPSA) is 9.23 Å². The summed E-state index contributed by atoms with van der Waals surface area (Å²) in [6.07, 6.45) is -4.71. The van der Waals surface area contributed by atoms with Crippen molar-refractivity contribution in [3.63, 3.8) is 0 Å². The van der Waals surface area contributed by atoms with Gasteiger partial charge in [-0.25, -0.2) is 0 Å². The van der Waals surface area contributed by atoms with Gasteiger partial charge in [0.05, 0.1) is 0 Å². The van der Waals surface area contributed by atoms with Crippen molar-refractivity contribution in [2.45, 2.75) is 13.3 Å². The van der Waals surface area contributed by atoms with Crippen molar-refractivity contribution in [3.8, 4) is 16.9 Å². The summed E-state index contributed by atoms with van der Waals surface area (Å²) in [5.74, 6) is -0.212. The number of rotatable bonds is 2. The fourth-order valence-corrected chi connectivity index (χ4v) is 2.14. The van der Waals surface area contributed by atoms with Crippen LogP contribution in [0.15, 0.2) is 46.9 Å². The second kappa shape index (κ2) is 5.25. The van der Waals surface area contributed by atoms with Gasteiger partial charge in [0.15, 0.2) is 0 Å². The number of hydrogen-bond acceptors (Lipinski definition) is 1. The Labute approximate surface area is 117 Å². The summed E-state index contributed by atoms with van der Waals surface area (Å²) in [7, 11) is 0. The quantitative estimate of drug-likeness (QED) is 0.723. The lowest BCUT2D eigenvalue weighted by molar-refractivity contribution is -0.274. The number of ether oxygens (including phenoxy) is 1. The maximum absolute atomic E-state index is 12.4. The van der Waals surface area contributed by atoms with Crippen LogP contribution in [-0.2, 0) is 0 Å². The van der Waals surface area contributed by atoms with E-state index < -0.39 is 6.36 Å². The smallest absolute Gasteiger partial charge is 0.405 e. The normalized spacial score (nSPS) is 11.4. The van der Waals surface area contributed by atoms with Crippen LogP contribution >= 0.6 is 15.9 Å². The van der Waals surface area contributed by atoms with Crippen LogP contribution in [0, 0.1) is 6.92 Å². The molecule has 0 saturated carbocycles. The monoisotopic (exact) mass is 330 g/mol. The van der Waals surface area contributed by atoms with Crippen molar-refractivity contribution >= 4 is 15.9 Å². The zero-order valence-corrected chi connectivity index (χ0v) is 11.5. The lowest BCUT2D eigenvalue weighted by Crippen LogP contribution is -2.17. The van der Waals surface area contributed by atoms with Crippen LogP contribution in [0.5, 0.6) is 5.75 Å². The van der Waals surface area contributed by atoms with Gasteiger partial charge >= 0.3 is 6.36 Å². The molecule has 0 fully saturated rings. The molecule has 0 bridgehead atoms. The molecule has 0 aromatic heterocycles. The van der Waals surface area contributed by atoms with E-state index in [1.54, 1.807) is 24.3 Å². The van der Waals surface area contributed by atoms with Crippen LogP contribution in [0.1, 0.15) is 5.56 Å². The number of halogens is 4. The molecule has 0 aliphatic carbocycles. The lowest BCUT2D eigenvalue weighted by Gasteiger charge is -2.15. The molecule has 100 valence electrons. The minimum atomic E-state index is -4.71. The molecule has 0 unspecified atom stereocenters. The van der Waals surface area contributed by atoms with E-state index in [4.69, 9.17) is 0 Å². The lowest BCUT2D eigenvalue weighted by atomic mass is 10.00. The largest absolute Gasteiger partial charge is 0.573 e. The van der Waals surface area contributed by atoms with E-state index >= 15 is 0 Å². The molecule has 2 rings (SSSR count). The van der Waals surface area contributed by atoms with Gasteiger partial charge in [-0.05, 0) is 36.2 Å². The average Bonchev–Trinajstić information content (AvgIpc) is 2.28. The molecule has 2 aromatic rings. The maximum Gasteiger partial charge on any atom is 0.573 e. The fraction of sp³-hybridized carbons (Fsp3) is 0.143. The van der Waals surface area contributed by atoms with Crippen molar-refractivity contribution in [2.75, 3.05) is 0 Å². The van der Waals surface area contributed by atoms with E-state index in [-0.39, 0.29) is 5.75 Å². The van der Waals surface area contributed by atoms with Gasteiger partial charge in [0.25, 0.3) is 0 Å². The predicted octanol–water partition coefficient (Wildman–Crippen LogP) is 5.32. The van der Waals surface area contributed by atoms with Crippen molar-refractivity contribution in [1.29, 1.82) is 0 Å². The molecular formula is C14H10BrF3O. The second-order valence-corrected chi connectivity index (χ2v) is 4.92. The Morgan fingerprint density at radius 1 is 1.00 bits per heavy atom. The molecule has 5 heteroatoms. The molecular weight excluding hydrogens is 321 g/mol. The summed E-state index contributed by atoms with van der Waals surface area (Å²) in [4.78, 5) is 0. The molecule has 0 saturated heterocycles. The fourth-order valence-electron chi connectivity index (χ4n) is 1.80. The Morgan fingerprint density at radius 2 is 1.68 bits per heavy atom. The molecule has 19 heavy (non-hydrogen) atoms. The van der Waals surface area contributed by atoms with Crippen molar-refractivity contribution in [3.05, 3.63) is 52.5 Å². The minimum Gasteiger partial charge on any atom is -0.405 e. The Kier molecular flexibility index (Phi) is 3.85. The molecule has 1 nitrogen and oxygen atoms in total. The molecule has 2 aromatic carbocycles. The van der Waals surface area contributed by atoms with Crippen LogP contribution in [0.4, 0.5) is 13.2 Å². The highest BCUT2D eigenvalue weighted by molar-refractivity contribution is 9.10. The predicted molar refractivity (Wildman–Crippen MR) is 71.0 cm³/mol. The maximum atomic E-state index is 12.4. The standard InChI is InChI=1S/C14H10BrF3O/c1-9-4-2-3-5-11(9)12-7-6-10(15)8-13(12)19-14(16,17)18/h2-8H,1H3. The number of hydrogen-bond donors (Lipinski definition) is 0. The number of benzene rings is 2. The van der Waals surface area contributed by atoms with Crippen molar-refractivity contribution in [2.24, 2.45) is 0 Å².